The summed E-state index contributed by atoms with van der Waals surface area (Å²) in [7, 11) is -3.34. The molecule has 0 unspecified atom stereocenters. The topological polar surface area (TPSA) is 66.5 Å². The third-order valence-electron chi connectivity index (χ3n) is 3.92. The van der Waals surface area contributed by atoms with E-state index in [1.54, 1.807) is 24.0 Å². The van der Waals surface area contributed by atoms with Crippen LogP contribution in [0.3, 0.4) is 0 Å². The van der Waals surface area contributed by atoms with E-state index < -0.39 is 10.0 Å². The van der Waals surface area contributed by atoms with E-state index in [1.807, 2.05) is 0 Å². The summed E-state index contributed by atoms with van der Waals surface area (Å²) in [6.45, 7) is 2.58. The van der Waals surface area contributed by atoms with Gasteiger partial charge in [-0.15, -0.1) is 0 Å². The number of hydrogen-bond acceptors (Lipinski definition) is 3. The van der Waals surface area contributed by atoms with Gasteiger partial charge in [-0.2, -0.15) is 0 Å². The van der Waals surface area contributed by atoms with Crippen LogP contribution in [0.4, 0.5) is 4.39 Å². The zero-order chi connectivity index (χ0) is 16.9. The number of hydrogen-bond donors (Lipinski definition) is 1. The molecule has 0 aromatic heterocycles. The van der Waals surface area contributed by atoms with Crippen LogP contribution in [0.25, 0.3) is 0 Å². The molecular formula is C16H23FN2O3S. The van der Waals surface area contributed by atoms with Gasteiger partial charge in [0.25, 0.3) is 0 Å². The van der Waals surface area contributed by atoms with E-state index in [-0.39, 0.29) is 30.1 Å². The highest BCUT2D eigenvalue weighted by atomic mass is 32.2. The number of nitrogens with one attached hydrogen (secondary N) is 1. The van der Waals surface area contributed by atoms with Crippen LogP contribution in [0.15, 0.2) is 24.3 Å². The summed E-state index contributed by atoms with van der Waals surface area (Å²) in [6.07, 6.45) is 2.23. The van der Waals surface area contributed by atoms with Gasteiger partial charge < -0.3 is 4.90 Å². The molecule has 5 nitrogen and oxygen atoms in total. The molecule has 128 valence electrons. The van der Waals surface area contributed by atoms with Crippen LogP contribution in [0.5, 0.6) is 0 Å². The molecule has 1 aliphatic heterocycles. The van der Waals surface area contributed by atoms with E-state index in [9.17, 15) is 17.6 Å². The second-order valence-electron chi connectivity index (χ2n) is 5.85. The van der Waals surface area contributed by atoms with E-state index >= 15 is 0 Å². The van der Waals surface area contributed by atoms with Crippen LogP contribution in [0.2, 0.25) is 0 Å². The molecule has 1 saturated heterocycles. The van der Waals surface area contributed by atoms with Crippen molar-refractivity contribution >= 4 is 15.9 Å². The summed E-state index contributed by atoms with van der Waals surface area (Å²) in [5, 5.41) is 0. The second-order valence-corrected chi connectivity index (χ2v) is 7.77. The number of carbonyl (C=O) groups excluding carboxylic acids is 1. The molecule has 0 radical (unpaired) electrons. The molecule has 1 amide bonds. The van der Waals surface area contributed by atoms with Crippen LogP contribution in [-0.4, -0.2) is 44.1 Å². The Morgan fingerprint density at radius 3 is 2.78 bits per heavy atom. The Bertz CT molecular complexity index is 648. The quantitative estimate of drug-likeness (QED) is 0.782. The number of likely N-dealkylation sites (tertiary alicyclic amines) is 1. The predicted octanol–water partition coefficient (Wildman–Crippen LogP) is 1.69. The van der Waals surface area contributed by atoms with E-state index in [1.165, 1.54) is 12.1 Å². The van der Waals surface area contributed by atoms with Gasteiger partial charge in [0.05, 0.1) is 5.75 Å². The molecule has 1 aromatic rings. The normalized spacial score (nSPS) is 16.8. The zero-order valence-electron chi connectivity index (χ0n) is 13.3. The number of sulfonamides is 1. The number of carbonyl (C=O) groups is 1. The average Bonchev–Trinajstić information content (AvgIpc) is 2.89. The van der Waals surface area contributed by atoms with E-state index in [0.29, 0.717) is 25.8 Å². The highest BCUT2D eigenvalue weighted by Crippen LogP contribution is 2.17. The average molecular weight is 342 g/mol. The Morgan fingerprint density at radius 2 is 2.17 bits per heavy atom. The summed E-state index contributed by atoms with van der Waals surface area (Å²) in [6, 6.07) is 5.90. The van der Waals surface area contributed by atoms with E-state index in [4.69, 9.17) is 0 Å². The van der Waals surface area contributed by atoms with Crippen LogP contribution in [0.1, 0.15) is 31.7 Å². The first kappa shape index (κ1) is 17.9. The number of nitrogens with zero attached hydrogens (tertiary/aromatic N) is 1. The minimum Gasteiger partial charge on any atom is -0.338 e. The molecule has 0 saturated carbocycles. The smallest absolute Gasteiger partial charge is 0.222 e. The van der Waals surface area contributed by atoms with Crippen LogP contribution in [0, 0.1) is 5.82 Å². The largest absolute Gasteiger partial charge is 0.338 e. The third kappa shape index (κ3) is 5.28. The highest BCUT2D eigenvalue weighted by Gasteiger charge is 2.29. The Kier molecular flexibility index (Phi) is 6.12. The number of halogens is 1. The van der Waals surface area contributed by atoms with Gasteiger partial charge in [0.1, 0.15) is 5.82 Å². The van der Waals surface area contributed by atoms with Crippen molar-refractivity contribution in [1.29, 1.82) is 0 Å². The molecule has 1 N–H and O–H groups in total. The van der Waals surface area contributed by atoms with E-state index in [0.717, 1.165) is 12.0 Å². The molecule has 23 heavy (non-hydrogen) atoms. The summed E-state index contributed by atoms with van der Waals surface area (Å²) < 4.78 is 39.7. The minimum absolute atomic E-state index is 0.0288. The van der Waals surface area contributed by atoms with Gasteiger partial charge in [-0.25, -0.2) is 17.5 Å². The highest BCUT2D eigenvalue weighted by molar-refractivity contribution is 7.89. The van der Waals surface area contributed by atoms with E-state index in [2.05, 4.69) is 4.72 Å². The molecular weight excluding hydrogens is 319 g/mol. The Morgan fingerprint density at radius 1 is 1.39 bits per heavy atom. The molecule has 0 aliphatic carbocycles. The van der Waals surface area contributed by atoms with Crippen LogP contribution < -0.4 is 4.72 Å². The summed E-state index contributed by atoms with van der Waals surface area (Å²) in [5.74, 6) is -0.241. The van der Waals surface area contributed by atoms with Crippen molar-refractivity contribution in [2.45, 2.75) is 38.6 Å². The molecule has 7 heteroatoms. The Labute approximate surface area is 136 Å². The molecule has 0 spiro atoms. The molecule has 1 aliphatic rings. The lowest BCUT2D eigenvalue weighted by molar-refractivity contribution is -0.129. The van der Waals surface area contributed by atoms with Gasteiger partial charge in [0.2, 0.25) is 15.9 Å². The maximum absolute atomic E-state index is 13.4. The van der Waals surface area contributed by atoms with Gasteiger partial charge in [-0.1, -0.05) is 19.1 Å². The van der Waals surface area contributed by atoms with Gasteiger partial charge in [-0.3, -0.25) is 4.79 Å². The Balaban J connectivity index is 2.10. The van der Waals surface area contributed by atoms with Gasteiger partial charge in [0.15, 0.2) is 0 Å². The van der Waals surface area contributed by atoms with Crippen molar-refractivity contribution in [3.8, 4) is 0 Å². The van der Waals surface area contributed by atoms with Gasteiger partial charge in [-0.05, 0) is 37.0 Å². The fourth-order valence-electron chi connectivity index (χ4n) is 2.85. The Hall–Kier alpha value is -1.47. The van der Waals surface area contributed by atoms with Crippen molar-refractivity contribution < 1.29 is 17.6 Å². The fraction of sp³-hybridized carbons (Fsp3) is 0.562. The zero-order valence-corrected chi connectivity index (χ0v) is 14.1. The SMILES string of the molecule is CCCS(=O)(=O)NC[C@H](Cc1cccc(F)c1)N1CCCC1=O. The molecule has 1 fully saturated rings. The van der Waals surface area contributed by atoms with Gasteiger partial charge in [0, 0.05) is 25.6 Å². The number of benzene rings is 1. The first-order valence-electron chi connectivity index (χ1n) is 7.92. The fourth-order valence-corrected chi connectivity index (χ4v) is 3.98. The summed E-state index contributed by atoms with van der Waals surface area (Å²) in [4.78, 5) is 13.7. The monoisotopic (exact) mass is 342 g/mol. The van der Waals surface area contributed by atoms with Crippen LogP contribution >= 0.6 is 0 Å². The molecule has 1 heterocycles. The lowest BCUT2D eigenvalue weighted by Crippen LogP contribution is -2.46. The van der Waals surface area contributed by atoms with Gasteiger partial charge >= 0.3 is 0 Å². The van der Waals surface area contributed by atoms with Crippen molar-refractivity contribution in [1.82, 2.24) is 9.62 Å². The van der Waals surface area contributed by atoms with Crippen LogP contribution in [-0.2, 0) is 21.2 Å². The minimum atomic E-state index is -3.34. The molecule has 2 rings (SSSR count). The maximum atomic E-state index is 13.4. The first-order valence-corrected chi connectivity index (χ1v) is 9.58. The van der Waals surface area contributed by atoms with Crippen molar-refractivity contribution in [2.24, 2.45) is 0 Å². The lowest BCUT2D eigenvalue weighted by Gasteiger charge is -2.28. The van der Waals surface area contributed by atoms with Crippen molar-refractivity contribution in [2.75, 3.05) is 18.8 Å². The molecule has 0 bridgehead atoms. The predicted molar refractivity (Wildman–Crippen MR) is 86.9 cm³/mol. The first-order chi connectivity index (χ1) is 10.9. The van der Waals surface area contributed by atoms with Crippen molar-refractivity contribution in [3.63, 3.8) is 0 Å². The molecule has 1 atom stereocenters. The lowest BCUT2D eigenvalue weighted by atomic mass is 10.0. The maximum Gasteiger partial charge on any atom is 0.222 e. The summed E-state index contributed by atoms with van der Waals surface area (Å²) in [5.41, 5.74) is 0.754. The number of amides is 1. The van der Waals surface area contributed by atoms with Crippen molar-refractivity contribution in [3.05, 3.63) is 35.6 Å². The standard InChI is InChI=1S/C16H23FN2O3S/c1-2-9-23(21,22)18-12-15(19-8-4-7-16(19)20)11-13-5-3-6-14(17)10-13/h3,5-6,10,15,18H,2,4,7-9,11-12H2,1H3/t15-/m0/s1. The molecule has 1 aromatic carbocycles. The summed E-state index contributed by atoms with van der Waals surface area (Å²) >= 11 is 0. The number of rotatable bonds is 8. The second kappa shape index (κ2) is 7.88. The third-order valence-corrected chi connectivity index (χ3v) is 5.48.